The van der Waals surface area contributed by atoms with Gasteiger partial charge in [0, 0.05) is 26.1 Å². The Bertz CT molecular complexity index is 604. The first-order valence-corrected chi connectivity index (χ1v) is 7.38. The highest BCUT2D eigenvalue weighted by atomic mass is 16.2. The van der Waals surface area contributed by atoms with Gasteiger partial charge in [-0.15, -0.1) is 0 Å². The van der Waals surface area contributed by atoms with Crippen LogP contribution in [0.1, 0.15) is 17.5 Å². The third-order valence-corrected chi connectivity index (χ3v) is 3.99. The predicted octanol–water partition coefficient (Wildman–Crippen LogP) is 2.81. The maximum absolute atomic E-state index is 12.4. The molecule has 2 aromatic rings. The third kappa shape index (κ3) is 2.83. The summed E-state index contributed by atoms with van der Waals surface area (Å²) in [6.45, 7) is 2.10. The van der Waals surface area contributed by atoms with Crippen molar-refractivity contribution in [2.75, 3.05) is 13.6 Å². The zero-order valence-corrected chi connectivity index (χ0v) is 12.3. The van der Waals surface area contributed by atoms with Gasteiger partial charge in [0.25, 0.3) is 0 Å². The topological polar surface area (TPSA) is 32.3 Å². The second kappa shape index (κ2) is 6.10. The Morgan fingerprint density at radius 3 is 2.05 bits per heavy atom. The molecule has 0 saturated carbocycles. The standard InChI is InChI=1S/C18H20N2O/c1-19-11-10-18(21)20-12-14-6-2-4-8-16(14)17-9-5-3-7-15(17)13-20/h2-9,19H,10-13H2,1H3. The zero-order valence-electron chi connectivity index (χ0n) is 12.3. The molecule has 0 saturated heterocycles. The summed E-state index contributed by atoms with van der Waals surface area (Å²) in [7, 11) is 1.88. The summed E-state index contributed by atoms with van der Waals surface area (Å²) >= 11 is 0. The van der Waals surface area contributed by atoms with E-state index in [0.717, 1.165) is 6.54 Å². The highest BCUT2D eigenvalue weighted by Gasteiger charge is 2.21. The molecule has 0 unspecified atom stereocenters. The molecule has 21 heavy (non-hydrogen) atoms. The first-order valence-electron chi connectivity index (χ1n) is 7.38. The van der Waals surface area contributed by atoms with Crippen LogP contribution in [0.15, 0.2) is 48.5 Å². The Balaban J connectivity index is 1.99. The van der Waals surface area contributed by atoms with Gasteiger partial charge in [0.2, 0.25) is 5.91 Å². The van der Waals surface area contributed by atoms with Gasteiger partial charge in [0.1, 0.15) is 0 Å². The second-order valence-corrected chi connectivity index (χ2v) is 5.42. The fraction of sp³-hybridized carbons (Fsp3) is 0.278. The summed E-state index contributed by atoms with van der Waals surface area (Å²) in [6.07, 6.45) is 0.542. The minimum atomic E-state index is 0.204. The van der Waals surface area contributed by atoms with Crippen LogP contribution < -0.4 is 5.32 Å². The van der Waals surface area contributed by atoms with Crippen LogP contribution in [0.2, 0.25) is 0 Å². The lowest BCUT2D eigenvalue weighted by Gasteiger charge is -2.21. The molecular formula is C18H20N2O. The Morgan fingerprint density at radius 2 is 1.52 bits per heavy atom. The lowest BCUT2D eigenvalue weighted by molar-refractivity contribution is -0.132. The highest BCUT2D eigenvalue weighted by Crippen LogP contribution is 2.32. The van der Waals surface area contributed by atoms with E-state index < -0.39 is 0 Å². The second-order valence-electron chi connectivity index (χ2n) is 5.42. The normalized spacial score (nSPS) is 13.3. The molecular weight excluding hydrogens is 260 g/mol. The number of fused-ring (bicyclic) bond motifs is 3. The van der Waals surface area contributed by atoms with Crippen LogP contribution in [0, 0.1) is 0 Å². The average molecular weight is 280 g/mol. The molecule has 3 heteroatoms. The molecule has 2 aromatic carbocycles. The van der Waals surface area contributed by atoms with Crippen LogP contribution in [-0.4, -0.2) is 24.4 Å². The summed E-state index contributed by atoms with van der Waals surface area (Å²) in [6, 6.07) is 16.8. The van der Waals surface area contributed by atoms with E-state index in [-0.39, 0.29) is 5.91 Å². The van der Waals surface area contributed by atoms with Crippen molar-refractivity contribution in [3.8, 4) is 11.1 Å². The quantitative estimate of drug-likeness (QED) is 0.937. The third-order valence-electron chi connectivity index (χ3n) is 3.99. The lowest BCUT2D eigenvalue weighted by atomic mass is 9.97. The van der Waals surface area contributed by atoms with E-state index in [2.05, 4.69) is 41.7 Å². The van der Waals surface area contributed by atoms with Gasteiger partial charge in [-0.25, -0.2) is 0 Å². The number of amides is 1. The lowest BCUT2D eigenvalue weighted by Crippen LogP contribution is -2.31. The number of nitrogens with zero attached hydrogens (tertiary/aromatic N) is 1. The van der Waals surface area contributed by atoms with Gasteiger partial charge in [0.05, 0.1) is 0 Å². The molecule has 1 aliphatic rings. The first-order chi connectivity index (χ1) is 10.3. The SMILES string of the molecule is CNCCC(=O)N1Cc2ccccc2-c2ccccc2C1. The van der Waals surface area contributed by atoms with Gasteiger partial charge in [0.15, 0.2) is 0 Å². The van der Waals surface area contributed by atoms with Gasteiger partial charge in [-0.1, -0.05) is 48.5 Å². The molecule has 3 rings (SSSR count). The summed E-state index contributed by atoms with van der Waals surface area (Å²) in [4.78, 5) is 14.4. The van der Waals surface area contributed by atoms with Crippen LogP contribution >= 0.6 is 0 Å². The van der Waals surface area contributed by atoms with E-state index in [1.54, 1.807) is 0 Å². The van der Waals surface area contributed by atoms with E-state index in [1.165, 1.54) is 22.3 Å². The van der Waals surface area contributed by atoms with E-state index in [4.69, 9.17) is 0 Å². The minimum absolute atomic E-state index is 0.204. The van der Waals surface area contributed by atoms with E-state index in [0.29, 0.717) is 19.5 Å². The van der Waals surface area contributed by atoms with Crippen LogP contribution in [0.4, 0.5) is 0 Å². The van der Waals surface area contributed by atoms with Crippen molar-refractivity contribution in [2.24, 2.45) is 0 Å². The highest BCUT2D eigenvalue weighted by molar-refractivity contribution is 5.79. The molecule has 0 spiro atoms. The maximum atomic E-state index is 12.4. The Labute approximate surface area is 125 Å². The Kier molecular flexibility index (Phi) is 4.02. The monoisotopic (exact) mass is 280 g/mol. The summed E-state index contributed by atoms with van der Waals surface area (Å²) in [5.41, 5.74) is 4.94. The van der Waals surface area contributed by atoms with Gasteiger partial charge < -0.3 is 10.2 Å². The molecule has 1 N–H and O–H groups in total. The molecule has 0 aliphatic carbocycles. The number of nitrogens with one attached hydrogen (secondary N) is 1. The Morgan fingerprint density at radius 1 is 1.00 bits per heavy atom. The molecule has 1 heterocycles. The van der Waals surface area contributed by atoms with Crippen LogP contribution in [0.5, 0.6) is 0 Å². The number of benzene rings is 2. The molecule has 0 radical (unpaired) electrons. The number of carbonyl (C=O) groups is 1. The van der Waals surface area contributed by atoms with Crippen molar-refractivity contribution < 1.29 is 4.79 Å². The molecule has 0 aromatic heterocycles. The van der Waals surface area contributed by atoms with Crippen molar-refractivity contribution in [2.45, 2.75) is 19.5 Å². The number of rotatable bonds is 3. The zero-order chi connectivity index (χ0) is 14.7. The molecule has 108 valence electrons. The van der Waals surface area contributed by atoms with Crippen LogP contribution in [0.3, 0.4) is 0 Å². The van der Waals surface area contributed by atoms with Crippen molar-refractivity contribution in [1.29, 1.82) is 0 Å². The van der Waals surface area contributed by atoms with E-state index in [1.807, 2.05) is 24.1 Å². The molecule has 3 nitrogen and oxygen atoms in total. The summed E-state index contributed by atoms with van der Waals surface area (Å²) < 4.78 is 0. The van der Waals surface area contributed by atoms with Gasteiger partial charge >= 0.3 is 0 Å². The summed E-state index contributed by atoms with van der Waals surface area (Å²) in [5, 5.41) is 3.04. The predicted molar refractivity (Wildman–Crippen MR) is 84.7 cm³/mol. The minimum Gasteiger partial charge on any atom is -0.334 e. The smallest absolute Gasteiger partial charge is 0.224 e. The number of hydrogen-bond donors (Lipinski definition) is 1. The Hall–Kier alpha value is -2.13. The van der Waals surface area contributed by atoms with Crippen LogP contribution in [-0.2, 0) is 17.9 Å². The first kappa shape index (κ1) is 13.8. The van der Waals surface area contributed by atoms with Crippen LogP contribution in [0.25, 0.3) is 11.1 Å². The molecule has 1 amide bonds. The molecule has 0 atom stereocenters. The molecule has 0 fully saturated rings. The number of carbonyl (C=O) groups excluding carboxylic acids is 1. The van der Waals surface area contributed by atoms with Gasteiger partial charge in [-0.3, -0.25) is 4.79 Å². The van der Waals surface area contributed by atoms with Gasteiger partial charge in [-0.05, 0) is 29.3 Å². The van der Waals surface area contributed by atoms with Gasteiger partial charge in [-0.2, -0.15) is 0 Å². The van der Waals surface area contributed by atoms with Crippen molar-refractivity contribution in [3.05, 3.63) is 59.7 Å². The fourth-order valence-corrected chi connectivity index (χ4v) is 2.88. The largest absolute Gasteiger partial charge is 0.334 e. The van der Waals surface area contributed by atoms with Crippen molar-refractivity contribution in [1.82, 2.24) is 10.2 Å². The maximum Gasteiger partial charge on any atom is 0.224 e. The molecule has 0 bridgehead atoms. The average Bonchev–Trinajstić information content (AvgIpc) is 2.69. The molecule has 1 aliphatic heterocycles. The number of hydrogen-bond acceptors (Lipinski definition) is 2. The fourth-order valence-electron chi connectivity index (χ4n) is 2.88. The van der Waals surface area contributed by atoms with Crippen molar-refractivity contribution in [3.63, 3.8) is 0 Å². The summed E-state index contributed by atoms with van der Waals surface area (Å²) in [5.74, 6) is 0.204. The van der Waals surface area contributed by atoms with Crippen molar-refractivity contribution >= 4 is 5.91 Å². The van der Waals surface area contributed by atoms with E-state index in [9.17, 15) is 4.79 Å². The van der Waals surface area contributed by atoms with E-state index >= 15 is 0 Å².